The third kappa shape index (κ3) is 8.37. The summed E-state index contributed by atoms with van der Waals surface area (Å²) in [7, 11) is 0. The summed E-state index contributed by atoms with van der Waals surface area (Å²) in [5.41, 5.74) is 10.5. The zero-order chi connectivity index (χ0) is 27.8. The number of nitrogens with one attached hydrogen (secondary N) is 1. The van der Waals surface area contributed by atoms with Crippen LogP contribution in [0, 0.1) is 6.92 Å². The fourth-order valence-corrected chi connectivity index (χ4v) is 3.80. The first kappa shape index (κ1) is 29.9. The van der Waals surface area contributed by atoms with Crippen LogP contribution in [-0.2, 0) is 0 Å². The fourth-order valence-electron chi connectivity index (χ4n) is 3.80. The van der Waals surface area contributed by atoms with E-state index in [9.17, 15) is 13.2 Å². The molecule has 3 N–H and O–H groups in total. The van der Waals surface area contributed by atoms with E-state index < -0.39 is 18.4 Å². The van der Waals surface area contributed by atoms with E-state index in [2.05, 4.69) is 23.8 Å². The lowest BCUT2D eigenvalue weighted by Gasteiger charge is -2.34. The third-order valence-corrected chi connectivity index (χ3v) is 6.22. The van der Waals surface area contributed by atoms with Crippen LogP contribution >= 0.6 is 0 Å². The molecule has 1 saturated heterocycles. The predicted molar refractivity (Wildman–Crippen MR) is 146 cm³/mol. The number of aliphatic imine (C=N–C) groups is 1. The summed E-state index contributed by atoms with van der Waals surface area (Å²) in [4.78, 5) is 6.29. The van der Waals surface area contributed by atoms with E-state index >= 15 is 4.39 Å². The Balaban J connectivity index is 2.64. The van der Waals surface area contributed by atoms with E-state index in [1.54, 1.807) is 31.2 Å². The van der Waals surface area contributed by atoms with Gasteiger partial charge in [0.25, 0.3) is 0 Å². The number of rotatable bonds is 11. The predicted octanol–water partition coefficient (Wildman–Crippen LogP) is 7.63. The van der Waals surface area contributed by atoms with Crippen molar-refractivity contribution in [1.82, 2.24) is 10.2 Å². The Kier molecular flexibility index (Phi) is 10.8. The van der Waals surface area contributed by atoms with Crippen molar-refractivity contribution in [1.29, 1.82) is 0 Å². The number of likely N-dealkylation sites (tertiary alicyclic amines) is 1. The van der Waals surface area contributed by atoms with Crippen LogP contribution in [0.3, 0.4) is 0 Å². The molecule has 2 rings (SSSR count). The van der Waals surface area contributed by atoms with Gasteiger partial charge in [-0.15, -0.1) is 0 Å². The minimum atomic E-state index is -4.35. The molecule has 1 aliphatic heterocycles. The first-order chi connectivity index (χ1) is 17.4. The van der Waals surface area contributed by atoms with Gasteiger partial charge in [0, 0.05) is 36.5 Å². The van der Waals surface area contributed by atoms with Crippen LogP contribution in [0.25, 0.3) is 5.57 Å². The number of nitrogens with two attached hydrogens (primary N) is 1. The van der Waals surface area contributed by atoms with Crippen LogP contribution in [0.15, 0.2) is 76.4 Å². The monoisotopic (exact) mass is 518 g/mol. The van der Waals surface area contributed by atoms with E-state index in [1.807, 2.05) is 25.7 Å². The number of halogens is 4. The summed E-state index contributed by atoms with van der Waals surface area (Å²) in [6.45, 7) is 15.7. The molecule has 0 saturated carbocycles. The molecule has 8 heteroatoms. The van der Waals surface area contributed by atoms with Gasteiger partial charge in [0.15, 0.2) is 5.83 Å². The lowest BCUT2D eigenvalue weighted by molar-refractivity contribution is -0.125. The number of benzene rings is 1. The summed E-state index contributed by atoms with van der Waals surface area (Å²) in [6, 6.07) is 5.23. The summed E-state index contributed by atoms with van der Waals surface area (Å²) in [5.74, 6) is -0.465. The van der Waals surface area contributed by atoms with E-state index in [0.29, 0.717) is 22.5 Å². The van der Waals surface area contributed by atoms with Gasteiger partial charge in [0.05, 0.1) is 17.8 Å². The number of hydrogen-bond donors (Lipinski definition) is 2. The Morgan fingerprint density at radius 1 is 1.24 bits per heavy atom. The van der Waals surface area contributed by atoms with E-state index in [1.165, 1.54) is 6.08 Å². The number of nitrogens with zero attached hydrogens (tertiary/aromatic N) is 2. The maximum absolute atomic E-state index is 16.1. The number of allylic oxidation sites excluding steroid dienone is 6. The second-order valence-electron chi connectivity index (χ2n) is 9.13. The van der Waals surface area contributed by atoms with Crippen molar-refractivity contribution in [2.75, 3.05) is 19.6 Å². The van der Waals surface area contributed by atoms with Gasteiger partial charge in [-0.05, 0) is 69.4 Å². The Morgan fingerprint density at radius 3 is 2.46 bits per heavy atom. The first-order valence-corrected chi connectivity index (χ1v) is 12.5. The normalized spacial score (nSPS) is 16.4. The first-order valence-electron chi connectivity index (χ1n) is 12.5. The van der Waals surface area contributed by atoms with Crippen molar-refractivity contribution in [2.45, 2.75) is 60.1 Å². The van der Waals surface area contributed by atoms with Gasteiger partial charge in [0.2, 0.25) is 0 Å². The van der Waals surface area contributed by atoms with Crippen LogP contribution in [0.4, 0.5) is 23.2 Å². The molecule has 1 aromatic carbocycles. The van der Waals surface area contributed by atoms with Crippen LogP contribution in [0.5, 0.6) is 0 Å². The smallest absolute Gasteiger partial charge is 0.388 e. The second kappa shape index (κ2) is 13.3. The quantitative estimate of drug-likeness (QED) is 0.137. The van der Waals surface area contributed by atoms with Gasteiger partial charge in [-0.25, -0.2) is 9.38 Å². The highest BCUT2D eigenvalue weighted by molar-refractivity contribution is 6.01. The van der Waals surface area contributed by atoms with Gasteiger partial charge in [-0.3, -0.25) is 0 Å². The number of aryl methyl sites for hydroxylation is 1. The summed E-state index contributed by atoms with van der Waals surface area (Å²) in [6.07, 6.45) is 0.532. The Morgan fingerprint density at radius 2 is 1.92 bits per heavy atom. The standard InChI is InChI=1S/C29H38F4N4/c1-7-10-23(13-14-29(31,32)33)28(34)36-24-12-11-19(3)25(18-24)26(20(4)21(5)35-15-8-2)27(30)22(6)37-16-9-17-37/h7,10-13,18,35H,6,8-9,14-17H2,1-5H3,(H2,34,36)/b10-7-,21-20+,23-13+,27-26-. The highest BCUT2D eigenvalue weighted by atomic mass is 19.4. The molecule has 37 heavy (non-hydrogen) atoms. The third-order valence-electron chi connectivity index (χ3n) is 6.22. The van der Waals surface area contributed by atoms with Gasteiger partial charge >= 0.3 is 6.18 Å². The molecular weight excluding hydrogens is 480 g/mol. The topological polar surface area (TPSA) is 53.6 Å². The molecule has 0 spiro atoms. The van der Waals surface area contributed by atoms with Crippen LogP contribution < -0.4 is 11.1 Å². The molecule has 0 atom stereocenters. The molecule has 0 radical (unpaired) electrons. The average molecular weight is 519 g/mol. The van der Waals surface area contributed by atoms with Gasteiger partial charge < -0.3 is 16.0 Å². The molecule has 0 aliphatic carbocycles. The molecule has 0 amide bonds. The summed E-state index contributed by atoms with van der Waals surface area (Å²) in [5, 5.41) is 3.34. The highest BCUT2D eigenvalue weighted by Crippen LogP contribution is 2.37. The van der Waals surface area contributed by atoms with Crippen molar-refractivity contribution in [3.05, 3.63) is 82.5 Å². The molecule has 0 aromatic heterocycles. The van der Waals surface area contributed by atoms with Crippen molar-refractivity contribution in [2.24, 2.45) is 10.7 Å². The van der Waals surface area contributed by atoms with Crippen molar-refractivity contribution >= 4 is 17.1 Å². The molecular formula is C29H38F4N4. The highest BCUT2D eigenvalue weighted by Gasteiger charge is 2.26. The molecule has 1 aromatic rings. The maximum atomic E-state index is 16.1. The Hall–Kier alpha value is -3.29. The second-order valence-corrected chi connectivity index (χ2v) is 9.13. The lowest BCUT2D eigenvalue weighted by Crippen LogP contribution is -2.36. The van der Waals surface area contributed by atoms with E-state index in [4.69, 9.17) is 5.73 Å². The minimum Gasteiger partial charge on any atom is -0.388 e. The van der Waals surface area contributed by atoms with Crippen molar-refractivity contribution in [3.63, 3.8) is 0 Å². The van der Waals surface area contributed by atoms with Crippen molar-refractivity contribution in [3.8, 4) is 0 Å². The zero-order valence-electron chi connectivity index (χ0n) is 22.4. The van der Waals surface area contributed by atoms with Gasteiger partial charge in [-0.2, -0.15) is 13.2 Å². The molecule has 1 fully saturated rings. The molecule has 1 aliphatic rings. The molecule has 202 valence electrons. The van der Waals surface area contributed by atoms with Gasteiger partial charge in [-0.1, -0.05) is 37.8 Å². The largest absolute Gasteiger partial charge is 0.392 e. The van der Waals surface area contributed by atoms with Gasteiger partial charge in [0.1, 0.15) is 5.84 Å². The maximum Gasteiger partial charge on any atom is 0.392 e. The van der Waals surface area contributed by atoms with E-state index in [0.717, 1.165) is 55.4 Å². The van der Waals surface area contributed by atoms with Crippen LogP contribution in [-0.4, -0.2) is 36.5 Å². The summed E-state index contributed by atoms with van der Waals surface area (Å²) >= 11 is 0. The summed E-state index contributed by atoms with van der Waals surface area (Å²) < 4.78 is 54.4. The molecule has 4 nitrogen and oxygen atoms in total. The van der Waals surface area contributed by atoms with E-state index in [-0.39, 0.29) is 11.4 Å². The number of amidine groups is 1. The van der Waals surface area contributed by atoms with Crippen LogP contribution in [0.2, 0.25) is 0 Å². The Labute approximate surface area is 218 Å². The number of hydrogen-bond acceptors (Lipinski definition) is 3. The lowest BCUT2D eigenvalue weighted by atomic mass is 9.91. The molecule has 0 bridgehead atoms. The van der Waals surface area contributed by atoms with Crippen molar-refractivity contribution < 1.29 is 17.6 Å². The molecule has 0 unspecified atom stereocenters. The SMILES string of the molecule is C=C(/C(F)=C(\C(C)=C(/C)NCCC)c1cc(N=C(N)C(/C=C\C)=C/CC(F)(F)F)ccc1C)N1CCC1. The minimum absolute atomic E-state index is 0.0544. The average Bonchev–Trinajstić information content (AvgIpc) is 2.80. The molecule has 1 heterocycles. The Bertz CT molecular complexity index is 1130. The number of alkyl halides is 3. The zero-order valence-corrected chi connectivity index (χ0v) is 22.4. The van der Waals surface area contributed by atoms with Crippen LogP contribution in [0.1, 0.15) is 58.1 Å². The fraction of sp³-hybridized carbons (Fsp3) is 0.414.